The SMILES string of the molecule is CN(C)C(=O)N1CCC(NCCOC2CCCCC2)CC1. The van der Waals surface area contributed by atoms with Crippen molar-refractivity contribution in [3.8, 4) is 0 Å². The Morgan fingerprint density at radius 1 is 1.14 bits per heavy atom. The fourth-order valence-corrected chi connectivity index (χ4v) is 3.28. The predicted octanol–water partition coefficient (Wildman–Crippen LogP) is 2.07. The Morgan fingerprint density at radius 2 is 1.81 bits per heavy atom. The summed E-state index contributed by atoms with van der Waals surface area (Å²) in [4.78, 5) is 15.5. The minimum absolute atomic E-state index is 0.133. The Hall–Kier alpha value is -0.810. The van der Waals surface area contributed by atoms with Crippen molar-refractivity contribution in [2.75, 3.05) is 40.3 Å². The van der Waals surface area contributed by atoms with E-state index in [4.69, 9.17) is 4.74 Å². The Labute approximate surface area is 129 Å². The molecule has 0 aromatic rings. The van der Waals surface area contributed by atoms with E-state index in [9.17, 15) is 4.79 Å². The minimum Gasteiger partial charge on any atom is -0.377 e. The number of hydrogen-bond donors (Lipinski definition) is 1. The second kappa shape index (κ2) is 8.59. The Kier molecular flexibility index (Phi) is 6.77. The van der Waals surface area contributed by atoms with Crippen molar-refractivity contribution in [1.82, 2.24) is 15.1 Å². The average Bonchev–Trinajstić information content (AvgIpc) is 2.52. The summed E-state index contributed by atoms with van der Waals surface area (Å²) >= 11 is 0. The lowest BCUT2D eigenvalue weighted by atomic mass is 9.98. The molecule has 0 spiro atoms. The number of amides is 2. The van der Waals surface area contributed by atoms with E-state index in [1.165, 1.54) is 32.1 Å². The molecule has 0 unspecified atom stereocenters. The van der Waals surface area contributed by atoms with Crippen LogP contribution in [0.4, 0.5) is 4.79 Å². The molecule has 1 aliphatic heterocycles. The molecule has 1 heterocycles. The summed E-state index contributed by atoms with van der Waals surface area (Å²) < 4.78 is 5.93. The molecule has 0 radical (unpaired) electrons. The van der Waals surface area contributed by atoms with Crippen LogP contribution >= 0.6 is 0 Å². The molecule has 1 saturated carbocycles. The third-order valence-electron chi connectivity index (χ3n) is 4.59. The van der Waals surface area contributed by atoms with Crippen LogP contribution in [0.15, 0.2) is 0 Å². The number of rotatable bonds is 5. The van der Waals surface area contributed by atoms with Gasteiger partial charge in [-0.25, -0.2) is 4.79 Å². The van der Waals surface area contributed by atoms with Crippen molar-refractivity contribution in [1.29, 1.82) is 0 Å². The first-order chi connectivity index (χ1) is 10.2. The molecule has 0 aromatic carbocycles. The highest BCUT2D eigenvalue weighted by Crippen LogP contribution is 2.20. The fourth-order valence-electron chi connectivity index (χ4n) is 3.28. The second-order valence-corrected chi connectivity index (χ2v) is 6.52. The number of likely N-dealkylation sites (tertiary alicyclic amines) is 1. The van der Waals surface area contributed by atoms with Crippen molar-refractivity contribution in [2.24, 2.45) is 0 Å². The zero-order chi connectivity index (χ0) is 15.1. The molecule has 1 aliphatic carbocycles. The average molecular weight is 297 g/mol. The van der Waals surface area contributed by atoms with Crippen LogP contribution in [0.5, 0.6) is 0 Å². The molecule has 2 rings (SSSR count). The van der Waals surface area contributed by atoms with Crippen LogP contribution in [-0.2, 0) is 4.74 Å². The summed E-state index contributed by atoms with van der Waals surface area (Å²) in [5.74, 6) is 0. The largest absolute Gasteiger partial charge is 0.377 e. The lowest BCUT2D eigenvalue weighted by Gasteiger charge is -2.34. The first-order valence-electron chi connectivity index (χ1n) is 8.48. The molecule has 2 fully saturated rings. The van der Waals surface area contributed by atoms with Crippen molar-refractivity contribution < 1.29 is 9.53 Å². The molecule has 122 valence electrons. The molecule has 0 aromatic heterocycles. The van der Waals surface area contributed by atoms with Gasteiger partial charge in [0.05, 0.1) is 12.7 Å². The van der Waals surface area contributed by atoms with Crippen LogP contribution < -0.4 is 5.32 Å². The molecule has 0 bridgehead atoms. The Bertz CT molecular complexity index is 309. The maximum atomic E-state index is 11.9. The topological polar surface area (TPSA) is 44.8 Å². The van der Waals surface area contributed by atoms with Gasteiger partial charge in [-0.05, 0) is 25.7 Å². The van der Waals surface area contributed by atoms with Crippen molar-refractivity contribution in [2.45, 2.75) is 57.1 Å². The smallest absolute Gasteiger partial charge is 0.319 e. The monoisotopic (exact) mass is 297 g/mol. The number of nitrogens with zero attached hydrogens (tertiary/aromatic N) is 2. The van der Waals surface area contributed by atoms with Crippen LogP contribution in [0.25, 0.3) is 0 Å². The molecule has 2 amide bonds. The normalized spacial score (nSPS) is 21.5. The van der Waals surface area contributed by atoms with E-state index in [1.807, 2.05) is 19.0 Å². The van der Waals surface area contributed by atoms with E-state index in [0.29, 0.717) is 12.1 Å². The van der Waals surface area contributed by atoms with Gasteiger partial charge in [-0.1, -0.05) is 19.3 Å². The van der Waals surface area contributed by atoms with E-state index in [1.54, 1.807) is 4.90 Å². The maximum Gasteiger partial charge on any atom is 0.319 e. The van der Waals surface area contributed by atoms with Gasteiger partial charge < -0.3 is 19.9 Å². The van der Waals surface area contributed by atoms with Crippen LogP contribution in [0.2, 0.25) is 0 Å². The lowest BCUT2D eigenvalue weighted by molar-refractivity contribution is 0.0285. The van der Waals surface area contributed by atoms with Crippen LogP contribution in [0.1, 0.15) is 44.9 Å². The third kappa shape index (κ3) is 5.47. The van der Waals surface area contributed by atoms with Gasteiger partial charge >= 0.3 is 6.03 Å². The highest BCUT2D eigenvalue weighted by molar-refractivity contribution is 5.73. The number of ether oxygens (including phenoxy) is 1. The van der Waals surface area contributed by atoms with Gasteiger partial charge in [0, 0.05) is 39.8 Å². The van der Waals surface area contributed by atoms with Crippen molar-refractivity contribution in [3.63, 3.8) is 0 Å². The zero-order valence-corrected chi connectivity index (χ0v) is 13.6. The fraction of sp³-hybridized carbons (Fsp3) is 0.938. The number of carbonyl (C=O) groups excluding carboxylic acids is 1. The van der Waals surface area contributed by atoms with Crippen LogP contribution in [-0.4, -0.2) is 68.3 Å². The molecule has 1 saturated heterocycles. The van der Waals surface area contributed by atoms with Gasteiger partial charge in [-0.15, -0.1) is 0 Å². The quantitative estimate of drug-likeness (QED) is 0.790. The molecule has 5 nitrogen and oxygen atoms in total. The number of carbonyl (C=O) groups is 1. The Balaban J connectivity index is 1.53. The highest BCUT2D eigenvalue weighted by Gasteiger charge is 2.23. The second-order valence-electron chi connectivity index (χ2n) is 6.52. The lowest BCUT2D eigenvalue weighted by Crippen LogP contribution is -2.48. The maximum absolute atomic E-state index is 11.9. The van der Waals surface area contributed by atoms with Crippen molar-refractivity contribution >= 4 is 6.03 Å². The standard InChI is InChI=1S/C16H31N3O2/c1-18(2)16(20)19-11-8-14(9-12-19)17-10-13-21-15-6-4-3-5-7-15/h14-15,17H,3-13H2,1-2H3. The zero-order valence-electron chi connectivity index (χ0n) is 13.6. The van der Waals surface area contributed by atoms with Gasteiger partial charge in [-0.2, -0.15) is 0 Å². The van der Waals surface area contributed by atoms with E-state index >= 15 is 0 Å². The highest BCUT2D eigenvalue weighted by atomic mass is 16.5. The van der Waals surface area contributed by atoms with Gasteiger partial charge in [0.25, 0.3) is 0 Å². The van der Waals surface area contributed by atoms with Crippen LogP contribution in [0, 0.1) is 0 Å². The summed E-state index contributed by atoms with van der Waals surface area (Å²) in [5, 5.41) is 3.57. The summed E-state index contributed by atoms with van der Waals surface area (Å²) in [6, 6.07) is 0.667. The molecule has 0 atom stereocenters. The molecule has 1 N–H and O–H groups in total. The molecule has 2 aliphatic rings. The number of urea groups is 1. The summed E-state index contributed by atoms with van der Waals surface area (Å²) in [7, 11) is 3.63. The molecule has 5 heteroatoms. The molecular formula is C16H31N3O2. The van der Waals surface area contributed by atoms with E-state index in [0.717, 1.165) is 39.1 Å². The summed E-state index contributed by atoms with van der Waals surface area (Å²) in [6.45, 7) is 3.47. The van der Waals surface area contributed by atoms with E-state index in [2.05, 4.69) is 5.32 Å². The van der Waals surface area contributed by atoms with E-state index < -0.39 is 0 Å². The minimum atomic E-state index is 0.133. The number of hydrogen-bond acceptors (Lipinski definition) is 3. The third-order valence-corrected chi connectivity index (χ3v) is 4.59. The summed E-state index contributed by atoms with van der Waals surface area (Å²) in [5.41, 5.74) is 0. The Morgan fingerprint density at radius 3 is 2.43 bits per heavy atom. The number of piperidine rings is 1. The summed E-state index contributed by atoms with van der Waals surface area (Å²) in [6.07, 6.45) is 9.11. The van der Waals surface area contributed by atoms with Gasteiger partial charge in [-0.3, -0.25) is 0 Å². The first-order valence-corrected chi connectivity index (χ1v) is 8.48. The molecule has 21 heavy (non-hydrogen) atoms. The van der Waals surface area contributed by atoms with Gasteiger partial charge in [0.15, 0.2) is 0 Å². The predicted molar refractivity (Wildman–Crippen MR) is 84.5 cm³/mol. The first kappa shape index (κ1) is 16.6. The van der Waals surface area contributed by atoms with Crippen LogP contribution in [0.3, 0.4) is 0 Å². The number of nitrogens with one attached hydrogen (secondary N) is 1. The van der Waals surface area contributed by atoms with Gasteiger partial charge in [0.1, 0.15) is 0 Å². The van der Waals surface area contributed by atoms with E-state index in [-0.39, 0.29) is 6.03 Å². The van der Waals surface area contributed by atoms with Crippen molar-refractivity contribution in [3.05, 3.63) is 0 Å². The van der Waals surface area contributed by atoms with Gasteiger partial charge in [0.2, 0.25) is 0 Å². The molecular weight excluding hydrogens is 266 g/mol.